The van der Waals surface area contributed by atoms with Crippen LogP contribution in [0.3, 0.4) is 0 Å². The summed E-state index contributed by atoms with van der Waals surface area (Å²) in [6.07, 6.45) is 0. The van der Waals surface area contributed by atoms with E-state index in [1.807, 2.05) is 0 Å². The molecule has 21 heavy (non-hydrogen) atoms. The normalized spacial score (nSPS) is 10.1. The lowest BCUT2D eigenvalue weighted by atomic mass is 10.2. The molecule has 0 saturated carbocycles. The van der Waals surface area contributed by atoms with Gasteiger partial charge in [-0.05, 0) is 12.1 Å². The lowest BCUT2D eigenvalue weighted by Gasteiger charge is -2.10. The Bertz CT molecular complexity index is 660. The van der Waals surface area contributed by atoms with Gasteiger partial charge in [0.05, 0.1) is 27.0 Å². The van der Waals surface area contributed by atoms with E-state index in [2.05, 4.69) is 15.0 Å². The van der Waals surface area contributed by atoms with Crippen molar-refractivity contribution in [3.63, 3.8) is 0 Å². The summed E-state index contributed by atoms with van der Waals surface area (Å²) in [7, 11) is 4.42. The van der Waals surface area contributed by atoms with E-state index < -0.39 is 5.97 Å². The fourth-order valence-corrected chi connectivity index (χ4v) is 2.72. The van der Waals surface area contributed by atoms with Gasteiger partial charge in [0.1, 0.15) is 11.5 Å². The molecule has 0 bridgehead atoms. The Balaban J connectivity index is 2.31. The maximum atomic E-state index is 11.5. The number of benzene rings is 1. The van der Waals surface area contributed by atoms with Crippen LogP contribution in [-0.2, 0) is 4.74 Å². The summed E-state index contributed by atoms with van der Waals surface area (Å²) in [5, 5.41) is 3.59. The summed E-state index contributed by atoms with van der Waals surface area (Å²) in [6.45, 7) is 0. The van der Waals surface area contributed by atoms with E-state index in [0.717, 1.165) is 11.3 Å². The van der Waals surface area contributed by atoms with Crippen LogP contribution in [-0.4, -0.2) is 32.3 Å². The summed E-state index contributed by atoms with van der Waals surface area (Å²) < 4.78 is 15.1. The number of ether oxygens (including phenoxy) is 3. The van der Waals surface area contributed by atoms with Gasteiger partial charge in [-0.3, -0.25) is 0 Å². The fraction of sp³-hybridized carbons (Fsp3) is 0.231. The second-order valence-corrected chi connectivity index (χ2v) is 5.18. The lowest BCUT2D eigenvalue weighted by Crippen LogP contribution is -1.98. The maximum absolute atomic E-state index is 11.5. The molecule has 0 atom stereocenters. The van der Waals surface area contributed by atoms with Crippen LogP contribution >= 0.6 is 22.9 Å². The largest absolute Gasteiger partial charge is 0.497 e. The van der Waals surface area contributed by atoms with Gasteiger partial charge in [-0.1, -0.05) is 22.9 Å². The Hall–Kier alpha value is -1.99. The van der Waals surface area contributed by atoms with Crippen LogP contribution in [0.2, 0.25) is 5.15 Å². The molecular formula is C13H13ClN2O4S. The molecule has 2 rings (SSSR count). The van der Waals surface area contributed by atoms with Crippen LogP contribution in [0.25, 0.3) is 0 Å². The Labute approximate surface area is 130 Å². The molecule has 0 spiro atoms. The fourth-order valence-electron chi connectivity index (χ4n) is 1.60. The summed E-state index contributed by atoms with van der Waals surface area (Å²) in [5.41, 5.74) is 0.652. The average molecular weight is 329 g/mol. The number of halogens is 1. The van der Waals surface area contributed by atoms with Crippen LogP contribution in [0.15, 0.2) is 18.2 Å². The van der Waals surface area contributed by atoms with Crippen molar-refractivity contribution in [2.24, 2.45) is 0 Å². The molecule has 0 unspecified atom stereocenters. The first-order valence-corrected chi connectivity index (χ1v) is 7.02. The molecule has 1 aromatic carbocycles. The molecule has 0 fully saturated rings. The highest BCUT2D eigenvalue weighted by molar-refractivity contribution is 7.18. The van der Waals surface area contributed by atoms with Crippen LogP contribution in [0, 0.1) is 0 Å². The number of nitrogens with zero attached hydrogens (tertiary/aromatic N) is 1. The summed E-state index contributed by atoms with van der Waals surface area (Å²) in [5.74, 6) is 0.749. The third kappa shape index (κ3) is 3.37. The number of anilines is 2. The first-order chi connectivity index (χ1) is 10.1. The quantitative estimate of drug-likeness (QED) is 0.849. The average Bonchev–Trinajstić information content (AvgIpc) is 2.86. The van der Waals surface area contributed by atoms with Crippen molar-refractivity contribution in [1.82, 2.24) is 4.98 Å². The monoisotopic (exact) mass is 328 g/mol. The van der Waals surface area contributed by atoms with Crippen molar-refractivity contribution < 1.29 is 19.0 Å². The maximum Gasteiger partial charge on any atom is 0.351 e. The SMILES string of the molecule is COC(=O)c1sc(Nc2cc(OC)ccc2OC)nc1Cl. The number of rotatable bonds is 5. The summed E-state index contributed by atoms with van der Waals surface area (Å²) in [4.78, 5) is 15.8. The molecule has 0 aliphatic heterocycles. The molecule has 1 heterocycles. The smallest absolute Gasteiger partial charge is 0.351 e. The highest BCUT2D eigenvalue weighted by atomic mass is 35.5. The number of aromatic nitrogens is 1. The van der Waals surface area contributed by atoms with Crippen molar-refractivity contribution in [1.29, 1.82) is 0 Å². The van der Waals surface area contributed by atoms with Crippen molar-refractivity contribution >= 4 is 39.7 Å². The molecular weight excluding hydrogens is 316 g/mol. The number of methoxy groups -OCH3 is 3. The molecule has 0 amide bonds. The van der Waals surface area contributed by atoms with E-state index in [1.165, 1.54) is 7.11 Å². The van der Waals surface area contributed by atoms with Gasteiger partial charge in [0, 0.05) is 6.07 Å². The van der Waals surface area contributed by atoms with Crippen molar-refractivity contribution in [2.45, 2.75) is 0 Å². The Morgan fingerprint density at radius 1 is 1.29 bits per heavy atom. The van der Waals surface area contributed by atoms with Gasteiger partial charge in [0.25, 0.3) is 0 Å². The molecule has 1 N–H and O–H groups in total. The molecule has 0 aliphatic carbocycles. The second kappa shape index (κ2) is 6.64. The molecule has 0 saturated heterocycles. The molecule has 6 nitrogen and oxygen atoms in total. The zero-order valence-corrected chi connectivity index (χ0v) is 13.2. The van der Waals surface area contributed by atoms with Gasteiger partial charge in [0.15, 0.2) is 15.2 Å². The minimum atomic E-state index is -0.525. The van der Waals surface area contributed by atoms with Gasteiger partial charge < -0.3 is 19.5 Å². The van der Waals surface area contributed by atoms with Gasteiger partial charge >= 0.3 is 5.97 Å². The van der Waals surface area contributed by atoms with Gasteiger partial charge in [-0.25, -0.2) is 9.78 Å². The number of nitrogens with one attached hydrogen (secondary N) is 1. The zero-order valence-electron chi connectivity index (χ0n) is 11.6. The van der Waals surface area contributed by atoms with Gasteiger partial charge in [-0.15, -0.1) is 0 Å². The Kier molecular flexibility index (Phi) is 4.87. The van der Waals surface area contributed by atoms with Gasteiger partial charge in [-0.2, -0.15) is 0 Å². The number of hydrogen-bond donors (Lipinski definition) is 1. The van der Waals surface area contributed by atoms with E-state index in [9.17, 15) is 4.79 Å². The van der Waals surface area contributed by atoms with Crippen LogP contribution in [0.1, 0.15) is 9.67 Å². The van der Waals surface area contributed by atoms with Crippen LogP contribution in [0.4, 0.5) is 10.8 Å². The van der Waals surface area contributed by atoms with E-state index in [4.69, 9.17) is 21.1 Å². The number of hydrogen-bond acceptors (Lipinski definition) is 7. The molecule has 2 aromatic rings. The first kappa shape index (κ1) is 15.4. The first-order valence-electron chi connectivity index (χ1n) is 5.82. The molecule has 8 heteroatoms. The molecule has 0 radical (unpaired) electrons. The Morgan fingerprint density at radius 2 is 2.05 bits per heavy atom. The number of thiazole rings is 1. The van der Waals surface area contributed by atoms with Gasteiger partial charge in [0.2, 0.25) is 0 Å². The number of carbonyl (C=O) groups excluding carboxylic acids is 1. The third-order valence-electron chi connectivity index (χ3n) is 2.60. The molecule has 112 valence electrons. The van der Waals surface area contributed by atoms with Crippen LogP contribution < -0.4 is 14.8 Å². The van der Waals surface area contributed by atoms with Crippen LogP contribution in [0.5, 0.6) is 11.5 Å². The third-order valence-corrected chi connectivity index (χ3v) is 3.94. The molecule has 0 aliphatic rings. The van der Waals surface area contributed by atoms with Crippen molar-refractivity contribution in [2.75, 3.05) is 26.6 Å². The van der Waals surface area contributed by atoms with Crippen molar-refractivity contribution in [3.8, 4) is 11.5 Å². The number of esters is 1. The number of carbonyl (C=O) groups is 1. The highest BCUT2D eigenvalue weighted by Gasteiger charge is 2.18. The lowest BCUT2D eigenvalue weighted by molar-refractivity contribution is 0.0606. The minimum absolute atomic E-state index is 0.0937. The Morgan fingerprint density at radius 3 is 2.67 bits per heavy atom. The van der Waals surface area contributed by atoms with E-state index in [1.54, 1.807) is 32.4 Å². The topological polar surface area (TPSA) is 69.7 Å². The summed E-state index contributed by atoms with van der Waals surface area (Å²) in [6, 6.07) is 5.29. The zero-order chi connectivity index (χ0) is 15.4. The van der Waals surface area contributed by atoms with E-state index in [-0.39, 0.29) is 10.0 Å². The highest BCUT2D eigenvalue weighted by Crippen LogP contribution is 2.35. The molecule has 1 aromatic heterocycles. The van der Waals surface area contributed by atoms with Crippen molar-refractivity contribution in [3.05, 3.63) is 28.2 Å². The van der Waals surface area contributed by atoms with E-state index in [0.29, 0.717) is 22.3 Å². The van der Waals surface area contributed by atoms with E-state index >= 15 is 0 Å². The predicted octanol–water partition coefficient (Wildman–Crippen LogP) is 3.34. The minimum Gasteiger partial charge on any atom is -0.497 e. The predicted molar refractivity (Wildman–Crippen MR) is 81.3 cm³/mol. The standard InChI is InChI=1S/C13H13ClN2O4S/c1-18-7-4-5-9(19-2)8(6-7)15-13-16-11(14)10(21-13)12(17)20-3/h4-6H,1-3H3,(H,15,16). The second-order valence-electron chi connectivity index (χ2n) is 3.82. The summed E-state index contributed by atoms with van der Waals surface area (Å²) >= 11 is 7.01.